The molecule has 0 radical (unpaired) electrons. The number of carbonyl (C=O) groups is 2. The summed E-state index contributed by atoms with van der Waals surface area (Å²) in [4.78, 5) is 22.8. The van der Waals surface area contributed by atoms with Crippen molar-refractivity contribution >= 4 is 11.9 Å². The Morgan fingerprint density at radius 1 is 1.17 bits per heavy atom. The zero-order valence-corrected chi connectivity index (χ0v) is 11.3. The summed E-state index contributed by atoms with van der Waals surface area (Å²) in [5, 5.41) is 11.8. The molecule has 0 aromatic heterocycles. The molecule has 104 valence electrons. The molecule has 5 nitrogen and oxygen atoms in total. The number of hydrogen-bond acceptors (Lipinski definition) is 3. The Balaban J connectivity index is 2.45. The fourth-order valence-corrected chi connectivity index (χ4v) is 2.13. The lowest BCUT2D eigenvalue weighted by Crippen LogP contribution is -2.44. The lowest BCUT2D eigenvalue weighted by atomic mass is 9.91. The van der Waals surface area contributed by atoms with E-state index >= 15 is 0 Å². The van der Waals surface area contributed by atoms with Gasteiger partial charge in [-0.1, -0.05) is 13.8 Å². The lowest BCUT2D eigenvalue weighted by Gasteiger charge is -2.29. The van der Waals surface area contributed by atoms with E-state index in [0.29, 0.717) is 5.92 Å². The predicted octanol–water partition coefficient (Wildman–Crippen LogP) is 1.27. The molecule has 0 spiro atoms. The minimum atomic E-state index is -0.934. The van der Waals surface area contributed by atoms with Gasteiger partial charge in [0, 0.05) is 25.2 Å². The van der Waals surface area contributed by atoms with Crippen LogP contribution in [0.15, 0.2) is 0 Å². The van der Waals surface area contributed by atoms with Gasteiger partial charge in [-0.3, -0.25) is 9.59 Å². The van der Waals surface area contributed by atoms with Gasteiger partial charge in [0.25, 0.3) is 0 Å². The fourth-order valence-electron chi connectivity index (χ4n) is 2.13. The number of carbonyl (C=O) groups excluding carboxylic acids is 1. The van der Waals surface area contributed by atoms with Crippen LogP contribution in [0.1, 0.15) is 33.6 Å². The first-order chi connectivity index (χ1) is 8.43. The second-order valence-corrected chi connectivity index (χ2v) is 5.16. The Bertz CT molecular complexity index is 299. The average Bonchev–Trinajstić information content (AvgIpc) is 2.37. The van der Waals surface area contributed by atoms with E-state index in [1.54, 1.807) is 13.8 Å². The van der Waals surface area contributed by atoms with Crippen LogP contribution in [0.2, 0.25) is 0 Å². The molecule has 1 amide bonds. The first-order valence-electron chi connectivity index (χ1n) is 6.54. The van der Waals surface area contributed by atoms with Crippen molar-refractivity contribution in [2.75, 3.05) is 13.2 Å². The van der Waals surface area contributed by atoms with Gasteiger partial charge >= 0.3 is 5.97 Å². The molecule has 1 heterocycles. The number of aliphatic carboxylic acids is 1. The molecule has 0 bridgehead atoms. The normalized spacial score (nSPS) is 21.9. The molecular weight excluding hydrogens is 234 g/mol. The van der Waals surface area contributed by atoms with Crippen molar-refractivity contribution in [3.63, 3.8) is 0 Å². The SMILES string of the molecule is CC(NC(=O)C(C)C(C)C(=O)O)C1CCOCC1. The Morgan fingerprint density at radius 3 is 2.22 bits per heavy atom. The fraction of sp³-hybridized carbons (Fsp3) is 0.846. The quantitative estimate of drug-likeness (QED) is 0.778. The minimum Gasteiger partial charge on any atom is -0.481 e. The van der Waals surface area contributed by atoms with E-state index < -0.39 is 17.8 Å². The molecule has 1 aliphatic heterocycles. The van der Waals surface area contributed by atoms with Crippen molar-refractivity contribution in [1.82, 2.24) is 5.32 Å². The number of amides is 1. The van der Waals surface area contributed by atoms with E-state index in [9.17, 15) is 9.59 Å². The smallest absolute Gasteiger partial charge is 0.307 e. The highest BCUT2D eigenvalue weighted by molar-refractivity contribution is 5.84. The van der Waals surface area contributed by atoms with Gasteiger partial charge in [0.15, 0.2) is 0 Å². The maximum Gasteiger partial charge on any atom is 0.307 e. The number of nitrogens with one attached hydrogen (secondary N) is 1. The molecule has 0 aromatic rings. The molecule has 0 aliphatic carbocycles. The van der Waals surface area contributed by atoms with Crippen LogP contribution < -0.4 is 5.32 Å². The van der Waals surface area contributed by atoms with Crippen molar-refractivity contribution in [3.05, 3.63) is 0 Å². The topological polar surface area (TPSA) is 75.6 Å². The average molecular weight is 257 g/mol. The molecule has 3 unspecified atom stereocenters. The molecule has 0 saturated carbocycles. The van der Waals surface area contributed by atoms with Crippen molar-refractivity contribution in [2.24, 2.45) is 17.8 Å². The van der Waals surface area contributed by atoms with E-state index in [0.717, 1.165) is 26.1 Å². The summed E-state index contributed by atoms with van der Waals surface area (Å²) in [5.74, 6) is -1.85. The molecule has 1 aliphatic rings. The Labute approximate surface area is 108 Å². The first-order valence-corrected chi connectivity index (χ1v) is 6.54. The van der Waals surface area contributed by atoms with Crippen molar-refractivity contribution in [3.8, 4) is 0 Å². The zero-order chi connectivity index (χ0) is 13.7. The highest BCUT2D eigenvalue weighted by Gasteiger charge is 2.28. The van der Waals surface area contributed by atoms with Crippen LogP contribution in [0.4, 0.5) is 0 Å². The first kappa shape index (κ1) is 15.0. The van der Waals surface area contributed by atoms with Crippen molar-refractivity contribution in [1.29, 1.82) is 0 Å². The molecule has 18 heavy (non-hydrogen) atoms. The molecule has 3 atom stereocenters. The third-order valence-electron chi connectivity index (χ3n) is 3.90. The summed E-state index contributed by atoms with van der Waals surface area (Å²) in [6.45, 7) is 6.68. The van der Waals surface area contributed by atoms with E-state index in [1.165, 1.54) is 0 Å². The van der Waals surface area contributed by atoms with E-state index in [-0.39, 0.29) is 11.9 Å². The van der Waals surface area contributed by atoms with Gasteiger partial charge in [0.2, 0.25) is 5.91 Å². The van der Waals surface area contributed by atoms with Gasteiger partial charge < -0.3 is 15.2 Å². The van der Waals surface area contributed by atoms with Crippen LogP contribution in [0.25, 0.3) is 0 Å². The Kier molecular flexibility index (Phi) is 5.59. The third kappa shape index (κ3) is 3.98. The monoisotopic (exact) mass is 257 g/mol. The summed E-state index contributed by atoms with van der Waals surface area (Å²) in [6.07, 6.45) is 1.90. The second kappa shape index (κ2) is 6.73. The van der Waals surface area contributed by atoms with Crippen LogP contribution >= 0.6 is 0 Å². The predicted molar refractivity (Wildman–Crippen MR) is 67.1 cm³/mol. The third-order valence-corrected chi connectivity index (χ3v) is 3.90. The standard InChI is InChI=1S/C13H23NO4/c1-8(9(2)13(16)17)12(15)14-10(3)11-4-6-18-7-5-11/h8-11H,4-7H2,1-3H3,(H,14,15)(H,16,17). The van der Waals surface area contributed by atoms with Gasteiger partial charge in [-0.15, -0.1) is 0 Å². The van der Waals surface area contributed by atoms with Gasteiger partial charge in [-0.05, 0) is 25.7 Å². The zero-order valence-electron chi connectivity index (χ0n) is 11.3. The molecule has 2 N–H and O–H groups in total. The number of carboxylic acid groups (broad SMARTS) is 1. The molecular formula is C13H23NO4. The Morgan fingerprint density at radius 2 is 1.72 bits per heavy atom. The Hall–Kier alpha value is -1.10. The van der Waals surface area contributed by atoms with Gasteiger partial charge in [-0.25, -0.2) is 0 Å². The lowest BCUT2D eigenvalue weighted by molar-refractivity contribution is -0.146. The molecule has 1 saturated heterocycles. The number of carboxylic acids is 1. The molecule has 1 rings (SSSR count). The van der Waals surface area contributed by atoms with Crippen LogP contribution in [0, 0.1) is 17.8 Å². The van der Waals surface area contributed by atoms with Gasteiger partial charge in [-0.2, -0.15) is 0 Å². The van der Waals surface area contributed by atoms with Crippen LogP contribution in [0.3, 0.4) is 0 Å². The summed E-state index contributed by atoms with van der Waals surface area (Å²) in [7, 11) is 0. The highest BCUT2D eigenvalue weighted by atomic mass is 16.5. The number of hydrogen-bond donors (Lipinski definition) is 2. The summed E-state index contributed by atoms with van der Waals surface area (Å²) in [5.41, 5.74) is 0. The maximum absolute atomic E-state index is 11.9. The number of ether oxygens (including phenoxy) is 1. The summed E-state index contributed by atoms with van der Waals surface area (Å²) in [6, 6.07) is 0.0739. The highest BCUT2D eigenvalue weighted by Crippen LogP contribution is 2.19. The van der Waals surface area contributed by atoms with E-state index in [2.05, 4.69) is 5.32 Å². The van der Waals surface area contributed by atoms with E-state index in [1.807, 2.05) is 6.92 Å². The van der Waals surface area contributed by atoms with Gasteiger partial charge in [0.05, 0.1) is 5.92 Å². The maximum atomic E-state index is 11.9. The van der Waals surface area contributed by atoms with Crippen LogP contribution in [0.5, 0.6) is 0 Å². The molecule has 0 aromatic carbocycles. The van der Waals surface area contributed by atoms with Crippen molar-refractivity contribution < 1.29 is 19.4 Å². The number of rotatable bonds is 5. The van der Waals surface area contributed by atoms with E-state index in [4.69, 9.17) is 9.84 Å². The van der Waals surface area contributed by atoms with Crippen LogP contribution in [-0.4, -0.2) is 36.2 Å². The second-order valence-electron chi connectivity index (χ2n) is 5.16. The summed E-state index contributed by atoms with van der Waals surface area (Å²) < 4.78 is 5.28. The largest absolute Gasteiger partial charge is 0.481 e. The minimum absolute atomic E-state index is 0.0739. The van der Waals surface area contributed by atoms with Gasteiger partial charge in [0.1, 0.15) is 0 Å². The van der Waals surface area contributed by atoms with Crippen molar-refractivity contribution in [2.45, 2.75) is 39.7 Å². The molecule has 1 fully saturated rings. The van der Waals surface area contributed by atoms with Crippen LogP contribution in [-0.2, 0) is 14.3 Å². The molecule has 5 heteroatoms. The summed E-state index contributed by atoms with van der Waals surface area (Å²) >= 11 is 0.